The minimum absolute atomic E-state index is 0.0135. The highest BCUT2D eigenvalue weighted by Crippen LogP contribution is 2.42. The number of nitrogens with one attached hydrogen (secondary N) is 1. The third-order valence-electron chi connectivity index (χ3n) is 4.57. The van der Waals surface area contributed by atoms with Crippen LogP contribution in [0.1, 0.15) is 15.9 Å². The topological polar surface area (TPSA) is 105 Å². The van der Waals surface area contributed by atoms with Crippen LogP contribution in [0.5, 0.6) is 0 Å². The summed E-state index contributed by atoms with van der Waals surface area (Å²) in [7, 11) is -3.41. The number of fused-ring (bicyclic) bond motifs is 3. The largest absolute Gasteiger partial charge is 0.318 e. The van der Waals surface area contributed by atoms with Gasteiger partial charge in [0.1, 0.15) is 0 Å². The molecule has 0 bridgehead atoms. The van der Waals surface area contributed by atoms with Crippen LogP contribution in [0, 0.1) is 0 Å². The molecule has 12 heteroatoms. The SMILES string of the molecule is O=C(Nc1nnc(SCc2ccccc2)s1)c1ccc2c(c1)SC1=NS(=O)(=O)CCN12. The first-order valence-electron chi connectivity index (χ1n) is 9.20. The van der Waals surface area contributed by atoms with Gasteiger partial charge < -0.3 is 4.90 Å². The molecular weight excluding hydrogens is 475 g/mol. The van der Waals surface area contributed by atoms with E-state index in [9.17, 15) is 13.2 Å². The van der Waals surface area contributed by atoms with E-state index >= 15 is 0 Å². The summed E-state index contributed by atoms with van der Waals surface area (Å²) in [4.78, 5) is 15.4. The zero-order valence-corrected chi connectivity index (χ0v) is 19.2. The molecule has 0 radical (unpaired) electrons. The van der Waals surface area contributed by atoms with Crippen molar-refractivity contribution in [2.24, 2.45) is 4.40 Å². The number of benzene rings is 2. The summed E-state index contributed by atoms with van der Waals surface area (Å²) >= 11 is 4.15. The van der Waals surface area contributed by atoms with Crippen LogP contribution in [0.15, 0.2) is 62.2 Å². The van der Waals surface area contributed by atoms with E-state index in [1.807, 2.05) is 29.2 Å². The summed E-state index contributed by atoms with van der Waals surface area (Å²) in [6, 6.07) is 15.3. The lowest BCUT2D eigenvalue weighted by Crippen LogP contribution is -2.35. The Labute approximate surface area is 191 Å². The predicted octanol–water partition coefficient (Wildman–Crippen LogP) is 3.69. The van der Waals surface area contributed by atoms with Gasteiger partial charge in [-0.25, -0.2) is 8.42 Å². The molecule has 0 spiro atoms. The molecule has 31 heavy (non-hydrogen) atoms. The van der Waals surface area contributed by atoms with Crippen molar-refractivity contribution < 1.29 is 13.2 Å². The van der Waals surface area contributed by atoms with Gasteiger partial charge in [-0.2, -0.15) is 0 Å². The van der Waals surface area contributed by atoms with Gasteiger partial charge in [-0.1, -0.05) is 53.4 Å². The summed E-state index contributed by atoms with van der Waals surface area (Å²) in [6.45, 7) is 0.362. The van der Waals surface area contributed by atoms with E-state index in [2.05, 4.69) is 32.0 Å². The molecule has 158 valence electrons. The molecule has 0 fully saturated rings. The number of rotatable bonds is 5. The molecule has 0 unspecified atom stereocenters. The monoisotopic (exact) mass is 489 g/mol. The molecule has 0 aliphatic carbocycles. The molecule has 2 aliphatic rings. The molecule has 3 aromatic rings. The zero-order chi connectivity index (χ0) is 21.4. The van der Waals surface area contributed by atoms with Crippen molar-refractivity contribution in [2.75, 3.05) is 22.5 Å². The summed E-state index contributed by atoms with van der Waals surface area (Å²) in [5.74, 6) is 0.473. The Morgan fingerprint density at radius 2 is 2.00 bits per heavy atom. The first-order chi connectivity index (χ1) is 15.0. The molecule has 8 nitrogen and oxygen atoms in total. The fraction of sp³-hybridized carbons (Fsp3) is 0.158. The van der Waals surface area contributed by atoms with Gasteiger partial charge in [0.2, 0.25) is 5.13 Å². The lowest BCUT2D eigenvalue weighted by Gasteiger charge is -2.22. The van der Waals surface area contributed by atoms with Crippen molar-refractivity contribution >= 4 is 66.8 Å². The van der Waals surface area contributed by atoms with Crippen molar-refractivity contribution in [3.05, 3.63) is 59.7 Å². The Hall–Kier alpha value is -2.41. The van der Waals surface area contributed by atoms with Crippen LogP contribution in [0.25, 0.3) is 0 Å². The van der Waals surface area contributed by atoms with E-state index < -0.39 is 10.0 Å². The first kappa shape index (κ1) is 20.5. The van der Waals surface area contributed by atoms with Crippen LogP contribution >= 0.6 is 34.9 Å². The van der Waals surface area contributed by atoms with E-state index in [0.717, 1.165) is 20.7 Å². The van der Waals surface area contributed by atoms with Crippen LogP contribution < -0.4 is 10.2 Å². The van der Waals surface area contributed by atoms with Crippen LogP contribution in [-0.4, -0.2) is 42.0 Å². The molecule has 1 amide bonds. The van der Waals surface area contributed by atoms with E-state index in [1.54, 1.807) is 23.9 Å². The molecule has 0 atom stereocenters. The molecule has 5 rings (SSSR count). The number of nitrogens with zero attached hydrogens (tertiary/aromatic N) is 4. The normalized spacial score (nSPS) is 16.4. The summed E-state index contributed by atoms with van der Waals surface area (Å²) < 4.78 is 28.1. The molecular formula is C19H15N5O3S4. The number of hydrogen-bond acceptors (Lipinski definition) is 9. The van der Waals surface area contributed by atoms with Gasteiger partial charge >= 0.3 is 0 Å². The van der Waals surface area contributed by atoms with Crippen LogP contribution in [0.4, 0.5) is 10.8 Å². The van der Waals surface area contributed by atoms with E-state index in [0.29, 0.717) is 22.4 Å². The second-order valence-electron chi connectivity index (χ2n) is 6.70. The molecule has 2 aromatic carbocycles. The van der Waals surface area contributed by atoms with Crippen molar-refractivity contribution in [3.8, 4) is 0 Å². The lowest BCUT2D eigenvalue weighted by molar-refractivity contribution is 0.102. The van der Waals surface area contributed by atoms with Crippen LogP contribution in [0.3, 0.4) is 0 Å². The van der Waals surface area contributed by atoms with Crippen molar-refractivity contribution in [2.45, 2.75) is 15.0 Å². The molecule has 0 saturated heterocycles. The third kappa shape index (κ3) is 4.47. The van der Waals surface area contributed by atoms with Crippen LogP contribution in [-0.2, 0) is 15.8 Å². The molecule has 1 N–H and O–H groups in total. The minimum atomic E-state index is -3.41. The Morgan fingerprint density at radius 1 is 1.16 bits per heavy atom. The molecule has 0 saturated carbocycles. The highest BCUT2D eigenvalue weighted by atomic mass is 32.2. The number of aromatic nitrogens is 2. The van der Waals surface area contributed by atoms with Crippen LogP contribution in [0.2, 0.25) is 0 Å². The average Bonchev–Trinajstić information content (AvgIpc) is 3.34. The van der Waals surface area contributed by atoms with Crippen molar-refractivity contribution in [3.63, 3.8) is 0 Å². The molecule has 1 aromatic heterocycles. The standard InChI is InChI=1S/C19H15N5O3S4/c25-16(20-17-21-22-19(30-17)28-11-12-4-2-1-3-5-12)13-6-7-14-15(10-13)29-18-23-31(26,27)9-8-24(14)18/h1-7,10H,8-9,11H2,(H,20,21,25). The summed E-state index contributed by atoms with van der Waals surface area (Å²) in [6.07, 6.45) is 0. The van der Waals surface area contributed by atoms with Crippen molar-refractivity contribution in [1.29, 1.82) is 0 Å². The lowest BCUT2D eigenvalue weighted by atomic mass is 10.2. The number of amidine groups is 1. The maximum atomic E-state index is 12.7. The predicted molar refractivity (Wildman–Crippen MR) is 125 cm³/mol. The van der Waals surface area contributed by atoms with E-state index in [1.165, 1.54) is 28.7 Å². The second-order valence-corrected chi connectivity index (χ2v) is 11.7. The van der Waals surface area contributed by atoms with Gasteiger partial charge in [0, 0.05) is 22.8 Å². The number of carbonyl (C=O) groups is 1. The number of amides is 1. The van der Waals surface area contributed by atoms with Gasteiger partial charge in [0.15, 0.2) is 9.51 Å². The van der Waals surface area contributed by atoms with Crippen molar-refractivity contribution in [1.82, 2.24) is 10.2 Å². The number of sulfonamides is 1. The van der Waals surface area contributed by atoms with Gasteiger partial charge in [-0.05, 0) is 35.5 Å². The van der Waals surface area contributed by atoms with E-state index in [4.69, 9.17) is 0 Å². The Morgan fingerprint density at radius 3 is 2.84 bits per heavy atom. The number of hydrogen-bond donors (Lipinski definition) is 1. The fourth-order valence-corrected chi connectivity index (χ4v) is 7.08. The molecule has 3 heterocycles. The Kier molecular flexibility index (Phi) is 5.46. The summed E-state index contributed by atoms with van der Waals surface area (Å²) in [5.41, 5.74) is 2.52. The van der Waals surface area contributed by atoms with E-state index in [-0.39, 0.29) is 11.7 Å². The minimum Gasteiger partial charge on any atom is -0.318 e. The smallest absolute Gasteiger partial charge is 0.257 e. The highest BCUT2D eigenvalue weighted by molar-refractivity contribution is 8.15. The average molecular weight is 490 g/mol. The zero-order valence-electron chi connectivity index (χ0n) is 15.9. The maximum Gasteiger partial charge on any atom is 0.257 e. The summed E-state index contributed by atoms with van der Waals surface area (Å²) in [5, 5.41) is 11.8. The quantitative estimate of drug-likeness (QED) is 0.427. The van der Waals surface area contributed by atoms with Gasteiger partial charge in [-0.3, -0.25) is 10.1 Å². The maximum absolute atomic E-state index is 12.7. The third-order valence-corrected chi connectivity index (χ3v) is 8.92. The van der Waals surface area contributed by atoms with Gasteiger partial charge in [0.25, 0.3) is 15.9 Å². The Bertz CT molecular complexity index is 1290. The number of thioether (sulfide) groups is 2. The van der Waals surface area contributed by atoms with Gasteiger partial charge in [0.05, 0.1) is 11.4 Å². The second kappa shape index (κ2) is 8.26. The van der Waals surface area contributed by atoms with Gasteiger partial charge in [-0.15, -0.1) is 14.6 Å². The molecule has 2 aliphatic heterocycles. The fourth-order valence-electron chi connectivity index (χ4n) is 3.08. The first-order valence-corrected chi connectivity index (χ1v) is 13.4. The Balaban J connectivity index is 1.26. The highest BCUT2D eigenvalue weighted by Gasteiger charge is 2.33. The number of carbonyl (C=O) groups excluding carboxylic acids is 1. The number of anilines is 2.